The molecule has 1 aliphatic heterocycles. The minimum atomic E-state index is 0.541. The number of quaternary nitrogens is 2. The first-order valence-electron chi connectivity index (χ1n) is 7.55. The van der Waals surface area contributed by atoms with Crippen LogP contribution in [0.2, 0.25) is 0 Å². The second-order valence-corrected chi connectivity index (χ2v) is 5.70. The SMILES string of the molecule is CC[NH+]1CCC([NH2+][C@@H](C)c2ccc(OC)cc2)CC1. The summed E-state index contributed by atoms with van der Waals surface area (Å²) < 4.78 is 5.21. The molecule has 19 heavy (non-hydrogen) atoms. The fraction of sp³-hybridized carbons (Fsp3) is 0.625. The van der Waals surface area contributed by atoms with Gasteiger partial charge in [-0.05, 0) is 38.1 Å². The first-order chi connectivity index (χ1) is 9.22. The number of piperidine rings is 1. The van der Waals surface area contributed by atoms with Gasteiger partial charge in [-0.15, -0.1) is 0 Å². The molecule has 1 aliphatic rings. The van der Waals surface area contributed by atoms with Crippen molar-refractivity contribution in [1.82, 2.24) is 0 Å². The number of benzene rings is 1. The number of rotatable bonds is 5. The van der Waals surface area contributed by atoms with E-state index in [1.807, 2.05) is 0 Å². The van der Waals surface area contributed by atoms with Crippen LogP contribution in [0.5, 0.6) is 5.75 Å². The molecule has 1 saturated heterocycles. The van der Waals surface area contributed by atoms with Crippen LogP contribution in [-0.4, -0.2) is 32.8 Å². The Bertz CT molecular complexity index is 369. The number of ether oxygens (including phenoxy) is 1. The second kappa shape index (κ2) is 6.92. The number of likely N-dealkylation sites (tertiary alicyclic amines) is 1. The fourth-order valence-corrected chi connectivity index (χ4v) is 3.02. The Hall–Kier alpha value is -1.06. The third kappa shape index (κ3) is 3.95. The van der Waals surface area contributed by atoms with Crippen LogP contribution in [0.1, 0.15) is 38.3 Å². The van der Waals surface area contributed by atoms with Gasteiger partial charge in [-0.25, -0.2) is 0 Å². The highest BCUT2D eigenvalue weighted by Crippen LogP contribution is 2.15. The largest absolute Gasteiger partial charge is 0.497 e. The van der Waals surface area contributed by atoms with Crippen LogP contribution < -0.4 is 15.0 Å². The van der Waals surface area contributed by atoms with Gasteiger partial charge in [0.15, 0.2) is 0 Å². The van der Waals surface area contributed by atoms with Gasteiger partial charge < -0.3 is 15.0 Å². The lowest BCUT2D eigenvalue weighted by Gasteiger charge is -2.28. The molecule has 3 N–H and O–H groups in total. The molecule has 0 radical (unpaired) electrons. The molecular formula is C16H28N2O+2. The van der Waals surface area contributed by atoms with Gasteiger partial charge in [-0.2, -0.15) is 0 Å². The van der Waals surface area contributed by atoms with Gasteiger partial charge in [-0.1, -0.05) is 0 Å². The van der Waals surface area contributed by atoms with Crippen LogP contribution in [0.25, 0.3) is 0 Å². The summed E-state index contributed by atoms with van der Waals surface area (Å²) in [5, 5.41) is 2.55. The normalized spacial score (nSPS) is 25.0. The van der Waals surface area contributed by atoms with Crippen molar-refractivity contribution in [3.05, 3.63) is 29.8 Å². The van der Waals surface area contributed by atoms with Gasteiger partial charge in [0.05, 0.1) is 32.8 Å². The molecule has 1 aromatic rings. The highest BCUT2D eigenvalue weighted by Gasteiger charge is 2.25. The molecule has 0 amide bonds. The first-order valence-corrected chi connectivity index (χ1v) is 7.55. The van der Waals surface area contributed by atoms with E-state index >= 15 is 0 Å². The Morgan fingerprint density at radius 1 is 1.26 bits per heavy atom. The monoisotopic (exact) mass is 264 g/mol. The van der Waals surface area contributed by atoms with Crippen molar-refractivity contribution in [2.75, 3.05) is 26.7 Å². The molecule has 0 aromatic heterocycles. The summed E-state index contributed by atoms with van der Waals surface area (Å²) in [6.07, 6.45) is 2.70. The summed E-state index contributed by atoms with van der Waals surface area (Å²) in [4.78, 5) is 1.77. The van der Waals surface area contributed by atoms with Crippen molar-refractivity contribution in [3.8, 4) is 5.75 Å². The van der Waals surface area contributed by atoms with Crippen molar-refractivity contribution < 1.29 is 15.0 Å². The lowest BCUT2D eigenvalue weighted by Crippen LogP contribution is -3.14. The molecule has 1 heterocycles. The predicted molar refractivity (Wildman–Crippen MR) is 77.6 cm³/mol. The van der Waals surface area contributed by atoms with Crippen molar-refractivity contribution in [3.63, 3.8) is 0 Å². The minimum Gasteiger partial charge on any atom is -0.497 e. The smallest absolute Gasteiger partial charge is 0.118 e. The molecule has 0 bridgehead atoms. The third-order valence-electron chi connectivity index (χ3n) is 4.44. The summed E-state index contributed by atoms with van der Waals surface area (Å²) in [7, 11) is 1.72. The zero-order valence-electron chi connectivity index (χ0n) is 12.5. The fourth-order valence-electron chi connectivity index (χ4n) is 3.02. The molecule has 106 valence electrons. The van der Waals surface area contributed by atoms with E-state index < -0.39 is 0 Å². The molecule has 3 heteroatoms. The summed E-state index contributed by atoms with van der Waals surface area (Å²) >= 11 is 0. The minimum absolute atomic E-state index is 0.541. The second-order valence-electron chi connectivity index (χ2n) is 5.70. The van der Waals surface area contributed by atoms with E-state index in [1.54, 1.807) is 12.0 Å². The summed E-state index contributed by atoms with van der Waals surface area (Å²) in [6, 6.07) is 9.83. The van der Waals surface area contributed by atoms with Crippen molar-refractivity contribution >= 4 is 0 Å². The zero-order valence-corrected chi connectivity index (χ0v) is 12.5. The van der Waals surface area contributed by atoms with E-state index in [9.17, 15) is 0 Å². The summed E-state index contributed by atoms with van der Waals surface area (Å²) in [5.41, 5.74) is 1.39. The molecule has 0 spiro atoms. The van der Waals surface area contributed by atoms with Crippen LogP contribution in [0.15, 0.2) is 24.3 Å². The lowest BCUT2D eigenvalue weighted by molar-refractivity contribution is -0.912. The maximum absolute atomic E-state index is 5.21. The molecule has 1 aromatic carbocycles. The Balaban J connectivity index is 1.85. The third-order valence-corrected chi connectivity index (χ3v) is 4.44. The average Bonchev–Trinajstić information content (AvgIpc) is 2.48. The van der Waals surface area contributed by atoms with E-state index in [1.165, 1.54) is 38.0 Å². The van der Waals surface area contributed by atoms with Crippen LogP contribution >= 0.6 is 0 Å². The summed E-state index contributed by atoms with van der Waals surface area (Å²) in [6.45, 7) is 8.56. The molecule has 2 rings (SSSR count). The number of methoxy groups -OCH3 is 1. The van der Waals surface area contributed by atoms with Crippen LogP contribution in [0.3, 0.4) is 0 Å². The van der Waals surface area contributed by atoms with Crippen LogP contribution in [0.4, 0.5) is 0 Å². The Morgan fingerprint density at radius 3 is 2.42 bits per heavy atom. The van der Waals surface area contributed by atoms with Crippen molar-refractivity contribution in [2.24, 2.45) is 0 Å². The molecule has 0 saturated carbocycles. The van der Waals surface area contributed by atoms with E-state index in [2.05, 4.69) is 43.4 Å². The standard InChI is InChI=1S/C16H26N2O/c1-4-18-11-9-15(10-12-18)17-13(2)14-5-7-16(19-3)8-6-14/h5-8,13,15,17H,4,9-12H2,1-3H3/p+2/t13-/m0/s1. The van der Waals surface area contributed by atoms with E-state index in [0.29, 0.717) is 6.04 Å². The maximum Gasteiger partial charge on any atom is 0.118 e. The van der Waals surface area contributed by atoms with E-state index in [4.69, 9.17) is 4.74 Å². The van der Waals surface area contributed by atoms with Crippen molar-refractivity contribution in [1.29, 1.82) is 0 Å². The zero-order chi connectivity index (χ0) is 13.7. The number of hydrogen-bond donors (Lipinski definition) is 2. The molecule has 1 fully saturated rings. The predicted octanol–water partition coefficient (Wildman–Crippen LogP) is 0.387. The molecule has 3 nitrogen and oxygen atoms in total. The number of nitrogens with two attached hydrogens (primary N) is 1. The Morgan fingerprint density at radius 2 is 1.89 bits per heavy atom. The van der Waals surface area contributed by atoms with E-state index in [-0.39, 0.29) is 0 Å². The molecule has 0 unspecified atom stereocenters. The maximum atomic E-state index is 5.21. The number of hydrogen-bond acceptors (Lipinski definition) is 1. The molecule has 1 atom stereocenters. The first kappa shape index (κ1) is 14.4. The number of nitrogens with one attached hydrogen (secondary N) is 1. The van der Waals surface area contributed by atoms with Gasteiger partial charge in [-0.3, -0.25) is 0 Å². The van der Waals surface area contributed by atoms with Crippen LogP contribution in [0, 0.1) is 0 Å². The lowest BCUT2D eigenvalue weighted by atomic mass is 10.0. The Labute approximate surface area is 116 Å². The van der Waals surface area contributed by atoms with Gasteiger partial charge in [0, 0.05) is 18.4 Å². The average molecular weight is 264 g/mol. The van der Waals surface area contributed by atoms with Crippen LogP contribution in [-0.2, 0) is 0 Å². The van der Waals surface area contributed by atoms with Gasteiger partial charge in [0.25, 0.3) is 0 Å². The topological polar surface area (TPSA) is 30.3 Å². The van der Waals surface area contributed by atoms with E-state index in [0.717, 1.165) is 11.8 Å². The molecule has 0 aliphatic carbocycles. The van der Waals surface area contributed by atoms with Gasteiger partial charge in [0.2, 0.25) is 0 Å². The summed E-state index contributed by atoms with van der Waals surface area (Å²) in [5.74, 6) is 0.941. The molecular weight excluding hydrogens is 236 g/mol. The van der Waals surface area contributed by atoms with Crippen molar-refractivity contribution in [2.45, 2.75) is 38.8 Å². The quantitative estimate of drug-likeness (QED) is 0.792. The van der Waals surface area contributed by atoms with Gasteiger partial charge >= 0.3 is 0 Å². The Kier molecular flexibility index (Phi) is 5.23. The highest BCUT2D eigenvalue weighted by molar-refractivity contribution is 5.27. The van der Waals surface area contributed by atoms with Gasteiger partial charge in [0.1, 0.15) is 11.8 Å². The highest BCUT2D eigenvalue weighted by atomic mass is 16.5.